The Morgan fingerprint density at radius 2 is 1.50 bits per heavy atom. The summed E-state index contributed by atoms with van der Waals surface area (Å²) in [5.74, 6) is -1.35. The molecule has 1 aliphatic rings. The number of nitrogens with one attached hydrogen (secondary N) is 1. The van der Waals surface area contributed by atoms with Crippen molar-refractivity contribution in [1.82, 2.24) is 15.1 Å². The van der Waals surface area contributed by atoms with Crippen molar-refractivity contribution < 1.29 is 33.8 Å². The highest BCUT2D eigenvalue weighted by Crippen LogP contribution is 2.31. The molecule has 9 atom stereocenters. The Morgan fingerprint density at radius 3 is 2.00 bits per heavy atom. The molecule has 1 aromatic carbocycles. The number of benzene rings is 1. The molecule has 10 nitrogen and oxygen atoms in total. The van der Waals surface area contributed by atoms with Gasteiger partial charge in [-0.3, -0.25) is 19.2 Å². The highest BCUT2D eigenvalue weighted by atomic mass is 16.5. The molecule has 0 aliphatic carbocycles. The monoisotopic (exact) mass is 701 g/mol. The minimum absolute atomic E-state index is 0.0256. The smallest absolute Gasteiger partial charge is 0.226 e. The van der Waals surface area contributed by atoms with Crippen molar-refractivity contribution in [3.8, 4) is 0 Å². The van der Waals surface area contributed by atoms with Crippen LogP contribution in [-0.4, -0.2) is 96.6 Å². The predicted molar refractivity (Wildman–Crippen MR) is 197 cm³/mol. The van der Waals surface area contributed by atoms with Crippen LogP contribution < -0.4 is 5.32 Å². The molecule has 3 amide bonds. The first-order valence-corrected chi connectivity index (χ1v) is 18.7. The van der Waals surface area contributed by atoms with Crippen LogP contribution in [0.15, 0.2) is 30.3 Å². The lowest BCUT2D eigenvalue weighted by Gasteiger charge is -2.40. The van der Waals surface area contributed by atoms with Crippen molar-refractivity contribution in [2.45, 2.75) is 131 Å². The van der Waals surface area contributed by atoms with Gasteiger partial charge in [0.25, 0.3) is 0 Å². The van der Waals surface area contributed by atoms with Gasteiger partial charge in [0.1, 0.15) is 5.78 Å². The van der Waals surface area contributed by atoms with E-state index in [1.807, 2.05) is 78.8 Å². The number of carbonyl (C=O) groups excluding carboxylic acids is 4. The molecule has 50 heavy (non-hydrogen) atoms. The first-order valence-electron chi connectivity index (χ1n) is 18.7. The fourth-order valence-corrected chi connectivity index (χ4v) is 7.88. The second-order valence-corrected chi connectivity index (χ2v) is 15.4. The summed E-state index contributed by atoms with van der Waals surface area (Å²) in [6.07, 6.45) is 0.452. The Kier molecular flexibility index (Phi) is 17.6. The fraction of sp³-hybridized carbons (Fsp3) is 0.750. The highest BCUT2D eigenvalue weighted by molar-refractivity contribution is 5.88. The van der Waals surface area contributed by atoms with E-state index in [1.165, 1.54) is 0 Å². The van der Waals surface area contributed by atoms with E-state index in [0.717, 1.165) is 12.8 Å². The van der Waals surface area contributed by atoms with E-state index >= 15 is 0 Å². The van der Waals surface area contributed by atoms with Crippen LogP contribution >= 0.6 is 0 Å². The van der Waals surface area contributed by atoms with E-state index < -0.39 is 42.2 Å². The summed E-state index contributed by atoms with van der Waals surface area (Å²) in [6.45, 7) is 18.2. The molecule has 2 rings (SSSR count). The van der Waals surface area contributed by atoms with Gasteiger partial charge in [0.05, 0.1) is 48.8 Å². The van der Waals surface area contributed by atoms with Crippen molar-refractivity contribution in [2.75, 3.05) is 27.8 Å². The Balaban J connectivity index is 2.20. The second-order valence-electron chi connectivity index (χ2n) is 15.4. The Labute approximate surface area is 302 Å². The summed E-state index contributed by atoms with van der Waals surface area (Å²) < 4.78 is 11.9. The van der Waals surface area contributed by atoms with Crippen molar-refractivity contribution >= 4 is 23.5 Å². The van der Waals surface area contributed by atoms with Gasteiger partial charge in [-0.15, -0.1) is 0 Å². The molecule has 0 spiro atoms. The summed E-state index contributed by atoms with van der Waals surface area (Å²) in [4.78, 5) is 58.4. The average molecular weight is 702 g/mol. The number of likely N-dealkylation sites (N-methyl/N-ethyl adjacent to an activating group) is 1. The summed E-state index contributed by atoms with van der Waals surface area (Å²) in [5.41, 5.74) is 0.716. The number of likely N-dealkylation sites (tertiary alicyclic amines) is 1. The number of nitrogens with zero attached hydrogens (tertiary/aromatic N) is 2. The first kappa shape index (κ1) is 43.3. The van der Waals surface area contributed by atoms with Crippen LogP contribution in [0.25, 0.3) is 0 Å². The van der Waals surface area contributed by atoms with E-state index in [0.29, 0.717) is 18.5 Å². The molecule has 2 N–H and O–H groups in total. The predicted octanol–water partition coefficient (Wildman–Crippen LogP) is 5.67. The number of Topliss-reactive ketones (excluding diaryl/α,β-unsaturated/α-hetero) is 1. The minimum atomic E-state index is -0.868. The van der Waals surface area contributed by atoms with Crippen LogP contribution in [0.3, 0.4) is 0 Å². The zero-order chi connectivity index (χ0) is 37.9. The SMILES string of the molecule is CC[C@H](C(=O)C[C@H](C(=O)N(C)[C@@H](C(C)C)[C@@H](CC(=O)N1CCC[C@H]1[C@H](OC)[C@@H](C)C(=O)N[C@H](C)[C@@H](O)c1ccccc1)OC)C(C)C)C(C)C. The van der Waals surface area contributed by atoms with Gasteiger partial charge < -0.3 is 29.7 Å². The van der Waals surface area contributed by atoms with E-state index in [2.05, 4.69) is 5.32 Å². The maximum atomic E-state index is 14.1. The topological polar surface area (TPSA) is 125 Å². The lowest BCUT2D eigenvalue weighted by Crippen LogP contribution is -2.54. The number of aliphatic hydroxyl groups excluding tert-OH is 1. The van der Waals surface area contributed by atoms with Gasteiger partial charge in [-0.05, 0) is 49.5 Å². The average Bonchev–Trinajstić information content (AvgIpc) is 3.56. The number of ketones is 1. The Bertz CT molecular complexity index is 1220. The summed E-state index contributed by atoms with van der Waals surface area (Å²) in [6, 6.07) is 7.95. The lowest BCUT2D eigenvalue weighted by molar-refractivity contribution is -0.149. The quantitative estimate of drug-likeness (QED) is 0.180. The van der Waals surface area contributed by atoms with Crippen molar-refractivity contribution in [2.24, 2.45) is 35.5 Å². The van der Waals surface area contributed by atoms with Crippen molar-refractivity contribution in [3.63, 3.8) is 0 Å². The van der Waals surface area contributed by atoms with Gasteiger partial charge in [-0.2, -0.15) is 0 Å². The van der Waals surface area contributed by atoms with Crippen molar-refractivity contribution in [3.05, 3.63) is 35.9 Å². The zero-order valence-electron chi connectivity index (χ0n) is 32.8. The summed E-state index contributed by atoms with van der Waals surface area (Å²) >= 11 is 0. The van der Waals surface area contributed by atoms with Crippen LogP contribution in [0, 0.1) is 35.5 Å². The number of ether oxygens (including phenoxy) is 2. The number of rotatable bonds is 20. The van der Waals surface area contributed by atoms with Crippen LogP contribution in [0.2, 0.25) is 0 Å². The van der Waals surface area contributed by atoms with Crippen LogP contribution in [-0.2, 0) is 28.7 Å². The van der Waals surface area contributed by atoms with Crippen molar-refractivity contribution in [1.29, 1.82) is 0 Å². The number of amides is 3. The lowest BCUT2D eigenvalue weighted by atomic mass is 9.81. The zero-order valence-corrected chi connectivity index (χ0v) is 32.8. The van der Waals surface area contributed by atoms with Gasteiger partial charge >= 0.3 is 0 Å². The maximum Gasteiger partial charge on any atom is 0.226 e. The van der Waals surface area contributed by atoms with Crippen LogP contribution in [0.5, 0.6) is 0 Å². The number of hydrogen-bond acceptors (Lipinski definition) is 7. The molecule has 0 aromatic heterocycles. The molecule has 1 heterocycles. The van der Waals surface area contributed by atoms with Gasteiger partial charge in [0.2, 0.25) is 17.7 Å². The van der Waals surface area contributed by atoms with E-state index in [4.69, 9.17) is 9.47 Å². The Hall–Kier alpha value is -2.82. The molecule has 1 aromatic rings. The van der Waals surface area contributed by atoms with E-state index in [-0.39, 0.29) is 66.1 Å². The molecule has 1 saturated heterocycles. The molecular weight excluding hydrogens is 634 g/mol. The van der Waals surface area contributed by atoms with Gasteiger partial charge in [0, 0.05) is 46.1 Å². The molecule has 1 aliphatic heterocycles. The molecule has 0 unspecified atom stereocenters. The number of carbonyl (C=O) groups is 4. The summed E-state index contributed by atoms with van der Waals surface area (Å²) in [5, 5.41) is 13.7. The fourth-order valence-electron chi connectivity index (χ4n) is 7.88. The molecule has 0 bridgehead atoms. The Morgan fingerprint density at radius 1 is 0.900 bits per heavy atom. The normalized spacial score (nSPS) is 19.8. The number of aliphatic hydroxyl groups is 1. The second kappa shape index (κ2) is 20.3. The van der Waals surface area contributed by atoms with E-state index in [9.17, 15) is 24.3 Å². The summed E-state index contributed by atoms with van der Waals surface area (Å²) in [7, 11) is 4.89. The largest absolute Gasteiger partial charge is 0.386 e. The van der Waals surface area contributed by atoms with E-state index in [1.54, 1.807) is 44.9 Å². The van der Waals surface area contributed by atoms with Gasteiger partial charge in [-0.1, -0.05) is 85.7 Å². The molecule has 0 saturated carbocycles. The van der Waals surface area contributed by atoms with Gasteiger partial charge in [-0.25, -0.2) is 0 Å². The standard InChI is InChI=1S/C40H67N3O7/c1-13-30(24(2)3)33(44)22-31(25(4)5)40(48)42(10)36(26(6)7)34(49-11)23-35(45)43-21-17-20-32(43)38(50-12)27(8)39(47)41-28(9)37(46)29-18-15-14-16-19-29/h14-16,18-19,24-28,30-32,34,36-38,46H,13,17,20-23H2,1-12H3,(H,41,47)/t27-,28-,30+,31+,32+,34-,36+,37-,38-/m1/s1. The molecule has 284 valence electrons. The minimum Gasteiger partial charge on any atom is -0.386 e. The molecular formula is C40H67N3O7. The molecule has 10 heteroatoms. The third-order valence-electron chi connectivity index (χ3n) is 10.9. The first-order chi connectivity index (χ1) is 23.5. The number of methoxy groups -OCH3 is 2. The van der Waals surface area contributed by atoms with Crippen LogP contribution in [0.4, 0.5) is 0 Å². The van der Waals surface area contributed by atoms with Gasteiger partial charge in [0.15, 0.2) is 0 Å². The number of hydrogen-bond donors (Lipinski definition) is 2. The molecule has 0 radical (unpaired) electrons. The molecule has 1 fully saturated rings. The maximum absolute atomic E-state index is 14.1. The third kappa shape index (κ3) is 11.1. The highest BCUT2D eigenvalue weighted by Gasteiger charge is 2.43. The van der Waals surface area contributed by atoms with Crippen LogP contribution in [0.1, 0.15) is 106 Å². The third-order valence-corrected chi connectivity index (χ3v) is 10.9.